The molecule has 5 heterocycles. The SMILES string of the molecule is Nc1ncccc1-c1nc2ccc(-n3cccn3)nc2n1-c1ccc2c(c1)CC[C@@H]2NC(=O)c1cncc(OC(F)(F)F)c1. The molecule has 0 aliphatic heterocycles. The van der Waals surface area contributed by atoms with Gasteiger partial charge in [-0.3, -0.25) is 14.3 Å². The van der Waals surface area contributed by atoms with E-state index >= 15 is 0 Å². The van der Waals surface area contributed by atoms with Crippen molar-refractivity contribution in [2.45, 2.75) is 25.2 Å². The molecule has 1 amide bonds. The summed E-state index contributed by atoms with van der Waals surface area (Å²) in [5.74, 6) is 0.366. The Bertz CT molecular complexity index is 2020. The number of aromatic nitrogens is 7. The lowest BCUT2D eigenvalue weighted by Gasteiger charge is -2.16. The number of nitrogens with one attached hydrogen (secondary N) is 1. The molecular formula is C30H22F3N9O2. The normalized spacial score (nSPS) is 14.5. The molecule has 7 rings (SSSR count). The van der Waals surface area contributed by atoms with E-state index in [2.05, 4.69) is 25.1 Å². The number of hydrogen-bond donors (Lipinski definition) is 2. The molecule has 5 aromatic heterocycles. The number of pyridine rings is 3. The fourth-order valence-electron chi connectivity index (χ4n) is 5.38. The second kappa shape index (κ2) is 10.5. The monoisotopic (exact) mass is 597 g/mol. The fourth-order valence-corrected chi connectivity index (χ4v) is 5.38. The zero-order valence-electron chi connectivity index (χ0n) is 22.7. The first-order valence-electron chi connectivity index (χ1n) is 13.5. The molecule has 220 valence electrons. The Morgan fingerprint density at radius 2 is 1.93 bits per heavy atom. The van der Waals surface area contributed by atoms with Gasteiger partial charge in [0.2, 0.25) is 0 Å². The number of amides is 1. The first-order valence-corrected chi connectivity index (χ1v) is 13.5. The molecule has 0 unspecified atom stereocenters. The van der Waals surface area contributed by atoms with E-state index in [0.717, 1.165) is 29.1 Å². The van der Waals surface area contributed by atoms with Crippen molar-refractivity contribution in [2.75, 3.05) is 5.73 Å². The molecule has 0 spiro atoms. The predicted octanol–water partition coefficient (Wildman–Crippen LogP) is 4.96. The van der Waals surface area contributed by atoms with Gasteiger partial charge in [-0.2, -0.15) is 5.10 Å². The Kier molecular flexibility index (Phi) is 6.45. The van der Waals surface area contributed by atoms with Crippen LogP contribution in [0.3, 0.4) is 0 Å². The molecule has 0 bridgehead atoms. The number of nitrogens with zero attached hydrogens (tertiary/aromatic N) is 7. The summed E-state index contributed by atoms with van der Waals surface area (Å²) < 4.78 is 45.4. The maximum atomic E-state index is 13.0. The van der Waals surface area contributed by atoms with Crippen molar-refractivity contribution < 1.29 is 22.7 Å². The van der Waals surface area contributed by atoms with Crippen LogP contribution in [-0.4, -0.2) is 46.6 Å². The maximum absolute atomic E-state index is 13.0. The molecule has 1 atom stereocenters. The lowest BCUT2D eigenvalue weighted by molar-refractivity contribution is -0.274. The molecule has 1 aromatic carbocycles. The van der Waals surface area contributed by atoms with E-state index in [1.54, 1.807) is 29.3 Å². The van der Waals surface area contributed by atoms with Crippen LogP contribution in [0.5, 0.6) is 5.75 Å². The summed E-state index contributed by atoms with van der Waals surface area (Å²) in [4.78, 5) is 30.7. The van der Waals surface area contributed by atoms with Gasteiger partial charge in [-0.1, -0.05) is 6.07 Å². The van der Waals surface area contributed by atoms with Crippen molar-refractivity contribution in [1.82, 2.24) is 39.6 Å². The average molecular weight is 598 g/mol. The molecule has 1 aliphatic rings. The van der Waals surface area contributed by atoms with Crippen LogP contribution >= 0.6 is 0 Å². The zero-order chi connectivity index (χ0) is 30.4. The number of halogens is 3. The third-order valence-corrected chi connectivity index (χ3v) is 7.29. The average Bonchev–Trinajstić information content (AvgIpc) is 3.75. The molecule has 0 fully saturated rings. The molecule has 44 heavy (non-hydrogen) atoms. The lowest BCUT2D eigenvalue weighted by Crippen LogP contribution is -2.27. The molecule has 14 heteroatoms. The highest BCUT2D eigenvalue weighted by Crippen LogP contribution is 2.36. The van der Waals surface area contributed by atoms with Crippen LogP contribution in [0.25, 0.3) is 34.1 Å². The van der Waals surface area contributed by atoms with Crippen molar-refractivity contribution in [2.24, 2.45) is 0 Å². The van der Waals surface area contributed by atoms with E-state index in [9.17, 15) is 18.0 Å². The van der Waals surface area contributed by atoms with Crippen molar-refractivity contribution in [1.29, 1.82) is 0 Å². The number of rotatable bonds is 6. The van der Waals surface area contributed by atoms with E-state index in [1.165, 1.54) is 6.20 Å². The molecule has 0 saturated carbocycles. The van der Waals surface area contributed by atoms with Gasteiger partial charge in [0.25, 0.3) is 5.91 Å². The Labute approximate surface area is 247 Å². The van der Waals surface area contributed by atoms with Crippen LogP contribution in [0.15, 0.2) is 85.6 Å². The number of alkyl halides is 3. The highest BCUT2D eigenvalue weighted by atomic mass is 19.4. The Hall–Kier alpha value is -5.79. The first kappa shape index (κ1) is 27.1. The van der Waals surface area contributed by atoms with Crippen LogP contribution in [0.1, 0.15) is 33.9 Å². The Morgan fingerprint density at radius 1 is 1.05 bits per heavy atom. The Morgan fingerprint density at radius 3 is 2.73 bits per heavy atom. The molecule has 11 nitrogen and oxygen atoms in total. The minimum atomic E-state index is -4.89. The number of aryl methyl sites for hydroxylation is 1. The number of anilines is 1. The summed E-state index contributed by atoms with van der Waals surface area (Å²) in [6, 6.07) is 15.6. The fraction of sp³-hybridized carbons (Fsp3) is 0.133. The number of nitrogens with two attached hydrogens (primary N) is 1. The van der Waals surface area contributed by atoms with Gasteiger partial charge in [0, 0.05) is 30.5 Å². The highest BCUT2D eigenvalue weighted by molar-refractivity contribution is 5.94. The topological polar surface area (TPSA) is 139 Å². The van der Waals surface area contributed by atoms with Crippen LogP contribution in [0, 0.1) is 0 Å². The summed E-state index contributed by atoms with van der Waals surface area (Å²) in [5, 5.41) is 7.21. The maximum Gasteiger partial charge on any atom is 0.573 e. The second-order valence-corrected chi connectivity index (χ2v) is 10.1. The van der Waals surface area contributed by atoms with Crippen molar-refractivity contribution in [3.8, 4) is 28.6 Å². The lowest BCUT2D eigenvalue weighted by atomic mass is 10.1. The molecule has 1 aliphatic carbocycles. The van der Waals surface area contributed by atoms with Gasteiger partial charge in [-0.25, -0.2) is 19.6 Å². The quantitative estimate of drug-likeness (QED) is 0.275. The Balaban J connectivity index is 1.24. The number of benzene rings is 1. The van der Waals surface area contributed by atoms with Gasteiger partial charge < -0.3 is 15.8 Å². The van der Waals surface area contributed by atoms with Gasteiger partial charge in [-0.05, 0) is 72.5 Å². The van der Waals surface area contributed by atoms with Crippen molar-refractivity contribution in [3.63, 3.8) is 0 Å². The van der Waals surface area contributed by atoms with Gasteiger partial charge in [0.05, 0.1) is 23.4 Å². The van der Waals surface area contributed by atoms with Gasteiger partial charge >= 0.3 is 6.36 Å². The summed E-state index contributed by atoms with van der Waals surface area (Å²) in [6.07, 6.45) is 3.54. The largest absolute Gasteiger partial charge is 0.573 e. The second-order valence-electron chi connectivity index (χ2n) is 10.1. The highest BCUT2D eigenvalue weighted by Gasteiger charge is 2.32. The molecular weight excluding hydrogens is 575 g/mol. The number of ether oxygens (including phenoxy) is 1. The minimum absolute atomic E-state index is 0.0422. The van der Waals surface area contributed by atoms with Gasteiger partial charge in [0.1, 0.15) is 17.1 Å². The first-order chi connectivity index (χ1) is 21.2. The van der Waals surface area contributed by atoms with E-state index < -0.39 is 18.0 Å². The zero-order valence-corrected chi connectivity index (χ0v) is 22.7. The molecule has 0 radical (unpaired) electrons. The summed E-state index contributed by atoms with van der Waals surface area (Å²) in [6.45, 7) is 0. The number of imidazole rings is 1. The molecule has 3 N–H and O–H groups in total. The van der Waals surface area contributed by atoms with Crippen molar-refractivity contribution in [3.05, 3.63) is 102 Å². The smallest absolute Gasteiger partial charge is 0.404 e. The van der Waals surface area contributed by atoms with Crippen LogP contribution in [0.4, 0.5) is 19.0 Å². The van der Waals surface area contributed by atoms with E-state index in [4.69, 9.17) is 15.7 Å². The van der Waals surface area contributed by atoms with Crippen LogP contribution in [0.2, 0.25) is 0 Å². The number of hydrogen-bond acceptors (Lipinski definition) is 8. The predicted molar refractivity (Wildman–Crippen MR) is 153 cm³/mol. The van der Waals surface area contributed by atoms with E-state index in [0.29, 0.717) is 47.0 Å². The van der Waals surface area contributed by atoms with Crippen LogP contribution in [-0.2, 0) is 6.42 Å². The van der Waals surface area contributed by atoms with Crippen molar-refractivity contribution >= 4 is 22.9 Å². The standard InChI is InChI=1S/C30H22F3N9O2/c31-30(32,33)44-20-14-18(15-35-16-20)29(43)39-23-7-4-17-13-19(5-6-21(17)23)42-27(22-3-1-10-36-26(22)34)38-24-8-9-25(40-28(24)42)41-12-2-11-37-41/h1-3,5-6,8-16,23H,4,7H2,(H2,34,36)(H,39,43)/t23-/m0/s1. The number of fused-ring (bicyclic) bond motifs is 2. The van der Waals surface area contributed by atoms with E-state index in [1.807, 2.05) is 47.0 Å². The minimum Gasteiger partial charge on any atom is -0.404 e. The van der Waals surface area contributed by atoms with E-state index in [-0.39, 0.29) is 11.6 Å². The van der Waals surface area contributed by atoms with Gasteiger partial charge in [-0.15, -0.1) is 13.2 Å². The number of nitrogen functional groups attached to an aromatic ring is 1. The summed E-state index contributed by atoms with van der Waals surface area (Å²) >= 11 is 0. The molecule has 6 aromatic rings. The summed E-state index contributed by atoms with van der Waals surface area (Å²) in [7, 11) is 0. The molecule has 0 saturated heterocycles. The number of carbonyl (C=O) groups excluding carboxylic acids is 1. The van der Waals surface area contributed by atoms with Gasteiger partial charge in [0.15, 0.2) is 17.3 Å². The third kappa shape index (κ3) is 5.06. The van der Waals surface area contributed by atoms with Crippen LogP contribution < -0.4 is 15.8 Å². The third-order valence-electron chi connectivity index (χ3n) is 7.29. The summed E-state index contributed by atoms with van der Waals surface area (Å²) in [5.41, 5.74) is 10.8. The number of carbonyl (C=O) groups is 1.